The van der Waals surface area contributed by atoms with E-state index in [0.717, 1.165) is 13.0 Å². The van der Waals surface area contributed by atoms with Crippen molar-refractivity contribution in [2.75, 3.05) is 19.4 Å². The molecule has 2 rings (SSSR count). The van der Waals surface area contributed by atoms with Crippen LogP contribution in [0.5, 0.6) is 5.75 Å². The second-order valence-electron chi connectivity index (χ2n) is 5.07. The van der Waals surface area contributed by atoms with Crippen LogP contribution in [0.15, 0.2) is 18.2 Å². The quantitative estimate of drug-likeness (QED) is 0.816. The van der Waals surface area contributed by atoms with Crippen LogP contribution >= 0.6 is 0 Å². The molecular weight excluding hydrogens is 228 g/mol. The van der Waals surface area contributed by atoms with Crippen LogP contribution in [0, 0.1) is 5.92 Å². The maximum absolute atomic E-state index is 12.6. The van der Waals surface area contributed by atoms with Crippen LogP contribution in [0.3, 0.4) is 0 Å². The van der Waals surface area contributed by atoms with Gasteiger partial charge in [0.1, 0.15) is 11.3 Å². The number of hydrogen-bond donors (Lipinski definition) is 1. The molecule has 4 heteroatoms. The largest absolute Gasteiger partial charge is 0.496 e. The molecule has 2 unspecified atom stereocenters. The lowest BCUT2D eigenvalue weighted by Gasteiger charge is -2.23. The van der Waals surface area contributed by atoms with Gasteiger partial charge in [-0.2, -0.15) is 0 Å². The molecule has 0 saturated carbocycles. The molecule has 0 aliphatic carbocycles. The van der Waals surface area contributed by atoms with Gasteiger partial charge in [-0.1, -0.05) is 13.0 Å². The molecule has 0 spiro atoms. The van der Waals surface area contributed by atoms with Crippen LogP contribution in [-0.2, 0) is 0 Å². The summed E-state index contributed by atoms with van der Waals surface area (Å²) in [4.78, 5) is 14.5. The molecule has 0 aromatic heterocycles. The van der Waals surface area contributed by atoms with E-state index >= 15 is 0 Å². The Kier molecular flexibility index (Phi) is 3.45. The van der Waals surface area contributed by atoms with Crippen LogP contribution < -0.4 is 10.5 Å². The summed E-state index contributed by atoms with van der Waals surface area (Å²) in [6.07, 6.45) is 1.04. The third-order valence-corrected chi connectivity index (χ3v) is 3.54. The zero-order valence-corrected chi connectivity index (χ0v) is 11.1. The van der Waals surface area contributed by atoms with Crippen molar-refractivity contribution in [3.8, 4) is 5.75 Å². The van der Waals surface area contributed by atoms with Gasteiger partial charge in [-0.05, 0) is 31.4 Å². The van der Waals surface area contributed by atoms with E-state index in [9.17, 15) is 4.79 Å². The van der Waals surface area contributed by atoms with Crippen molar-refractivity contribution in [2.24, 2.45) is 5.92 Å². The topological polar surface area (TPSA) is 55.6 Å². The SMILES string of the molecule is COc1cccc(N)c1C(=O)N1CC(C)CC1C. The Morgan fingerprint density at radius 1 is 1.44 bits per heavy atom. The molecule has 1 aliphatic heterocycles. The minimum atomic E-state index is -0.0261. The molecular formula is C14H20N2O2. The van der Waals surface area contributed by atoms with Crippen LogP contribution in [0.2, 0.25) is 0 Å². The van der Waals surface area contributed by atoms with Crippen molar-refractivity contribution >= 4 is 11.6 Å². The first-order chi connectivity index (χ1) is 8.54. The molecule has 1 saturated heterocycles. The molecule has 1 amide bonds. The van der Waals surface area contributed by atoms with Crippen LogP contribution in [-0.4, -0.2) is 30.5 Å². The summed E-state index contributed by atoms with van der Waals surface area (Å²) in [5.74, 6) is 1.06. The van der Waals surface area contributed by atoms with E-state index in [1.807, 2.05) is 4.90 Å². The molecule has 0 bridgehead atoms. The Morgan fingerprint density at radius 2 is 2.17 bits per heavy atom. The maximum atomic E-state index is 12.6. The van der Waals surface area contributed by atoms with Crippen molar-refractivity contribution in [3.63, 3.8) is 0 Å². The molecule has 1 aromatic carbocycles. The molecule has 1 fully saturated rings. The third-order valence-electron chi connectivity index (χ3n) is 3.54. The molecule has 18 heavy (non-hydrogen) atoms. The Bertz CT molecular complexity index is 459. The van der Waals surface area contributed by atoms with Gasteiger partial charge in [0.25, 0.3) is 5.91 Å². The Hall–Kier alpha value is -1.71. The Morgan fingerprint density at radius 3 is 2.72 bits per heavy atom. The maximum Gasteiger partial charge on any atom is 0.259 e. The highest BCUT2D eigenvalue weighted by atomic mass is 16.5. The van der Waals surface area contributed by atoms with Crippen LogP contribution in [0.25, 0.3) is 0 Å². The van der Waals surface area contributed by atoms with Gasteiger partial charge in [-0.15, -0.1) is 0 Å². The van der Waals surface area contributed by atoms with E-state index in [1.54, 1.807) is 25.3 Å². The smallest absolute Gasteiger partial charge is 0.259 e. The number of methoxy groups -OCH3 is 1. The lowest BCUT2D eigenvalue weighted by atomic mass is 10.1. The number of anilines is 1. The molecule has 98 valence electrons. The number of hydrogen-bond acceptors (Lipinski definition) is 3. The van der Waals surface area contributed by atoms with E-state index in [2.05, 4.69) is 13.8 Å². The second kappa shape index (κ2) is 4.88. The average Bonchev–Trinajstić information content (AvgIpc) is 2.67. The summed E-state index contributed by atoms with van der Waals surface area (Å²) in [7, 11) is 1.56. The first-order valence-corrected chi connectivity index (χ1v) is 6.28. The highest BCUT2D eigenvalue weighted by Crippen LogP contribution is 2.30. The van der Waals surface area contributed by atoms with Crippen LogP contribution in [0.4, 0.5) is 5.69 Å². The van der Waals surface area contributed by atoms with Crippen molar-refractivity contribution in [3.05, 3.63) is 23.8 Å². The molecule has 2 atom stereocenters. The first-order valence-electron chi connectivity index (χ1n) is 6.28. The number of nitrogens with zero attached hydrogens (tertiary/aromatic N) is 1. The van der Waals surface area contributed by atoms with Gasteiger partial charge in [-0.25, -0.2) is 0 Å². The first kappa shape index (κ1) is 12.7. The molecule has 0 radical (unpaired) electrons. The van der Waals surface area contributed by atoms with E-state index in [1.165, 1.54) is 0 Å². The number of carbonyl (C=O) groups excluding carboxylic acids is 1. The highest BCUT2D eigenvalue weighted by molar-refractivity contribution is 6.02. The van der Waals surface area contributed by atoms with Gasteiger partial charge < -0.3 is 15.4 Å². The fourth-order valence-electron chi connectivity index (χ4n) is 2.67. The van der Waals surface area contributed by atoms with Gasteiger partial charge in [0.05, 0.1) is 7.11 Å². The summed E-state index contributed by atoms with van der Waals surface area (Å²) in [5, 5.41) is 0. The lowest BCUT2D eigenvalue weighted by molar-refractivity contribution is 0.0741. The van der Waals surface area contributed by atoms with Gasteiger partial charge in [-0.3, -0.25) is 4.79 Å². The fourth-order valence-corrected chi connectivity index (χ4v) is 2.67. The molecule has 2 N–H and O–H groups in total. The van der Waals surface area contributed by atoms with Crippen molar-refractivity contribution < 1.29 is 9.53 Å². The normalized spacial score (nSPS) is 23.2. The summed E-state index contributed by atoms with van der Waals surface area (Å²) in [6, 6.07) is 5.56. The standard InChI is InChI=1S/C14H20N2O2/c1-9-7-10(2)16(8-9)14(17)13-11(15)5-4-6-12(13)18-3/h4-6,9-10H,7-8,15H2,1-3H3. The predicted molar refractivity (Wildman–Crippen MR) is 71.7 cm³/mol. The molecule has 1 aliphatic rings. The Labute approximate surface area is 108 Å². The van der Waals surface area contributed by atoms with Gasteiger partial charge in [0, 0.05) is 18.3 Å². The summed E-state index contributed by atoms with van der Waals surface area (Å²) in [5.41, 5.74) is 6.88. The highest BCUT2D eigenvalue weighted by Gasteiger charge is 2.32. The molecule has 1 heterocycles. The summed E-state index contributed by atoms with van der Waals surface area (Å²) >= 11 is 0. The number of nitrogen functional groups attached to an aromatic ring is 1. The number of rotatable bonds is 2. The number of amides is 1. The van der Waals surface area contributed by atoms with Gasteiger partial charge >= 0.3 is 0 Å². The zero-order chi connectivity index (χ0) is 13.3. The Balaban J connectivity index is 2.34. The van der Waals surface area contributed by atoms with E-state index in [-0.39, 0.29) is 11.9 Å². The van der Waals surface area contributed by atoms with Gasteiger partial charge in [0.15, 0.2) is 0 Å². The summed E-state index contributed by atoms with van der Waals surface area (Å²) in [6.45, 7) is 5.03. The molecule has 1 aromatic rings. The average molecular weight is 248 g/mol. The van der Waals surface area contributed by atoms with Crippen molar-refractivity contribution in [2.45, 2.75) is 26.3 Å². The van der Waals surface area contributed by atoms with E-state index in [0.29, 0.717) is 22.9 Å². The number of carbonyl (C=O) groups is 1. The predicted octanol–water partition coefficient (Wildman–Crippen LogP) is 2.15. The number of nitrogens with two attached hydrogens (primary N) is 1. The van der Waals surface area contributed by atoms with Crippen LogP contribution in [0.1, 0.15) is 30.6 Å². The summed E-state index contributed by atoms with van der Waals surface area (Å²) < 4.78 is 5.24. The monoisotopic (exact) mass is 248 g/mol. The number of likely N-dealkylation sites (tertiary alicyclic amines) is 1. The second-order valence-corrected chi connectivity index (χ2v) is 5.07. The fraction of sp³-hybridized carbons (Fsp3) is 0.500. The van der Waals surface area contributed by atoms with E-state index < -0.39 is 0 Å². The number of ether oxygens (including phenoxy) is 1. The minimum absolute atomic E-state index is 0.0261. The lowest BCUT2D eigenvalue weighted by Crippen LogP contribution is -2.34. The zero-order valence-electron chi connectivity index (χ0n) is 11.1. The third kappa shape index (κ3) is 2.15. The van der Waals surface area contributed by atoms with E-state index in [4.69, 9.17) is 10.5 Å². The van der Waals surface area contributed by atoms with Crippen molar-refractivity contribution in [1.29, 1.82) is 0 Å². The van der Waals surface area contributed by atoms with Crippen molar-refractivity contribution in [1.82, 2.24) is 4.90 Å². The molecule has 4 nitrogen and oxygen atoms in total. The number of benzene rings is 1. The van der Waals surface area contributed by atoms with Gasteiger partial charge in [0.2, 0.25) is 0 Å². The minimum Gasteiger partial charge on any atom is -0.496 e.